The molecule has 0 spiro atoms. The van der Waals surface area contributed by atoms with Crippen molar-refractivity contribution in [3.05, 3.63) is 44.9 Å². The molecule has 0 aliphatic rings. The number of rotatable bonds is 3. The number of carbonyl (C=O) groups is 1. The number of nitrogen functional groups attached to an aromatic ring is 1. The van der Waals surface area contributed by atoms with E-state index in [1.807, 2.05) is 31.2 Å². The zero-order chi connectivity index (χ0) is 14.0. The van der Waals surface area contributed by atoms with Gasteiger partial charge < -0.3 is 11.1 Å². The summed E-state index contributed by atoms with van der Waals surface area (Å²) in [4.78, 5) is 16.8. The molecule has 0 radical (unpaired) electrons. The van der Waals surface area contributed by atoms with E-state index in [1.54, 1.807) is 6.92 Å². The molecule has 0 aliphatic heterocycles. The Labute approximate surface area is 124 Å². The smallest absolute Gasteiger partial charge is 0.263 e. The lowest BCUT2D eigenvalue weighted by Crippen LogP contribution is -2.26. The summed E-state index contributed by atoms with van der Waals surface area (Å²) in [5.74, 6) is -0.144. The highest BCUT2D eigenvalue weighted by molar-refractivity contribution is 9.10. The molecule has 4 nitrogen and oxygen atoms in total. The first-order chi connectivity index (χ1) is 8.99. The van der Waals surface area contributed by atoms with Gasteiger partial charge in [-0.25, -0.2) is 4.98 Å². The van der Waals surface area contributed by atoms with Gasteiger partial charge in [0.1, 0.15) is 4.88 Å². The highest BCUT2D eigenvalue weighted by Crippen LogP contribution is 2.24. The molecule has 1 amide bonds. The molecule has 0 fully saturated rings. The third-order valence-corrected chi connectivity index (χ3v) is 4.45. The maximum atomic E-state index is 12.2. The van der Waals surface area contributed by atoms with Crippen molar-refractivity contribution in [3.8, 4) is 0 Å². The zero-order valence-corrected chi connectivity index (χ0v) is 13.0. The van der Waals surface area contributed by atoms with Crippen LogP contribution in [0.3, 0.4) is 0 Å². The second-order valence-electron chi connectivity index (χ2n) is 4.18. The molecule has 1 atom stereocenters. The topological polar surface area (TPSA) is 68.0 Å². The summed E-state index contributed by atoms with van der Waals surface area (Å²) in [6.45, 7) is 3.72. The Morgan fingerprint density at radius 2 is 2.16 bits per heavy atom. The molecule has 0 saturated heterocycles. The molecule has 0 bridgehead atoms. The number of nitrogens with zero attached hydrogens (tertiary/aromatic N) is 1. The Balaban J connectivity index is 2.15. The van der Waals surface area contributed by atoms with Crippen molar-refractivity contribution >= 4 is 38.3 Å². The van der Waals surface area contributed by atoms with E-state index in [2.05, 4.69) is 26.2 Å². The van der Waals surface area contributed by atoms with Crippen molar-refractivity contribution in [2.45, 2.75) is 19.9 Å². The quantitative estimate of drug-likeness (QED) is 0.901. The summed E-state index contributed by atoms with van der Waals surface area (Å²) in [5.41, 5.74) is 7.30. The molecule has 6 heteroatoms. The molecule has 0 aliphatic carbocycles. The fourth-order valence-electron chi connectivity index (χ4n) is 1.79. The Kier molecular flexibility index (Phi) is 4.21. The minimum absolute atomic E-state index is 0.0919. The van der Waals surface area contributed by atoms with Gasteiger partial charge in [-0.05, 0) is 25.5 Å². The van der Waals surface area contributed by atoms with Crippen LogP contribution in [0, 0.1) is 6.92 Å². The van der Waals surface area contributed by atoms with Crippen molar-refractivity contribution in [1.29, 1.82) is 0 Å². The van der Waals surface area contributed by atoms with Crippen LogP contribution in [0.4, 0.5) is 5.13 Å². The summed E-state index contributed by atoms with van der Waals surface area (Å²) < 4.78 is 0.975. The van der Waals surface area contributed by atoms with E-state index in [9.17, 15) is 4.79 Å². The Morgan fingerprint density at radius 1 is 1.47 bits per heavy atom. The average Bonchev–Trinajstić information content (AvgIpc) is 2.69. The molecule has 1 aromatic carbocycles. The van der Waals surface area contributed by atoms with Gasteiger partial charge in [-0.2, -0.15) is 0 Å². The molecular formula is C13H14BrN3OS. The van der Waals surface area contributed by atoms with E-state index in [4.69, 9.17) is 5.73 Å². The number of amides is 1. The first-order valence-corrected chi connectivity index (χ1v) is 7.38. The Hall–Kier alpha value is -1.40. The van der Waals surface area contributed by atoms with Gasteiger partial charge in [-0.1, -0.05) is 45.5 Å². The first kappa shape index (κ1) is 14.0. The lowest BCUT2D eigenvalue weighted by molar-refractivity contribution is 0.0943. The maximum Gasteiger partial charge on any atom is 0.263 e. The lowest BCUT2D eigenvalue weighted by Gasteiger charge is -2.15. The molecular weight excluding hydrogens is 326 g/mol. The van der Waals surface area contributed by atoms with Crippen LogP contribution in [0.2, 0.25) is 0 Å². The third-order valence-electron chi connectivity index (χ3n) is 2.74. The van der Waals surface area contributed by atoms with Crippen LogP contribution in [0.5, 0.6) is 0 Å². The fourth-order valence-corrected chi connectivity index (χ4v) is 3.16. The van der Waals surface area contributed by atoms with Crippen molar-refractivity contribution in [2.24, 2.45) is 0 Å². The van der Waals surface area contributed by atoms with Crippen molar-refractivity contribution in [2.75, 3.05) is 5.73 Å². The predicted molar refractivity (Wildman–Crippen MR) is 81.3 cm³/mol. The number of aryl methyl sites for hydroxylation is 1. The highest BCUT2D eigenvalue weighted by Gasteiger charge is 2.17. The summed E-state index contributed by atoms with van der Waals surface area (Å²) in [5, 5.41) is 3.37. The number of halogens is 1. The van der Waals surface area contributed by atoms with Crippen molar-refractivity contribution in [1.82, 2.24) is 10.3 Å². The van der Waals surface area contributed by atoms with E-state index in [1.165, 1.54) is 11.3 Å². The van der Waals surface area contributed by atoms with Gasteiger partial charge in [0.05, 0.1) is 11.7 Å². The van der Waals surface area contributed by atoms with Crippen LogP contribution in [0.25, 0.3) is 0 Å². The number of hydrogen-bond acceptors (Lipinski definition) is 4. The van der Waals surface area contributed by atoms with Crippen LogP contribution in [-0.4, -0.2) is 10.9 Å². The molecule has 3 N–H and O–H groups in total. The average molecular weight is 340 g/mol. The second kappa shape index (κ2) is 5.71. The maximum absolute atomic E-state index is 12.2. The number of benzene rings is 1. The van der Waals surface area contributed by atoms with E-state index < -0.39 is 0 Å². The lowest BCUT2D eigenvalue weighted by atomic mass is 10.1. The van der Waals surface area contributed by atoms with Crippen molar-refractivity contribution < 1.29 is 4.79 Å². The first-order valence-electron chi connectivity index (χ1n) is 5.77. The van der Waals surface area contributed by atoms with Crippen LogP contribution < -0.4 is 11.1 Å². The number of carbonyl (C=O) groups excluding carboxylic acids is 1. The normalized spacial score (nSPS) is 12.2. The van der Waals surface area contributed by atoms with Crippen LogP contribution >= 0.6 is 27.3 Å². The molecule has 2 aromatic rings. The fraction of sp³-hybridized carbons (Fsp3) is 0.231. The van der Waals surface area contributed by atoms with Crippen LogP contribution in [0.15, 0.2) is 28.7 Å². The van der Waals surface area contributed by atoms with Gasteiger partial charge in [0, 0.05) is 4.47 Å². The molecule has 2 rings (SSSR count). The molecule has 0 saturated carbocycles. The van der Waals surface area contributed by atoms with E-state index >= 15 is 0 Å². The van der Waals surface area contributed by atoms with Crippen LogP contribution in [0.1, 0.15) is 33.9 Å². The summed E-state index contributed by atoms with van der Waals surface area (Å²) in [6, 6.07) is 7.72. The minimum atomic E-state index is -0.144. The number of nitrogens with two attached hydrogens (primary N) is 1. The number of hydrogen-bond donors (Lipinski definition) is 2. The monoisotopic (exact) mass is 339 g/mol. The van der Waals surface area contributed by atoms with Gasteiger partial charge in [0.25, 0.3) is 5.91 Å². The molecule has 100 valence electrons. The number of thiazole rings is 1. The summed E-state index contributed by atoms with van der Waals surface area (Å²) in [7, 11) is 0. The van der Waals surface area contributed by atoms with Gasteiger partial charge in [-0.15, -0.1) is 0 Å². The largest absolute Gasteiger partial charge is 0.375 e. The van der Waals surface area contributed by atoms with E-state index in [-0.39, 0.29) is 11.9 Å². The summed E-state index contributed by atoms with van der Waals surface area (Å²) >= 11 is 4.69. The van der Waals surface area contributed by atoms with Crippen molar-refractivity contribution in [3.63, 3.8) is 0 Å². The summed E-state index contributed by atoms with van der Waals surface area (Å²) in [6.07, 6.45) is 0. The third kappa shape index (κ3) is 3.13. The van der Waals surface area contributed by atoms with Gasteiger partial charge in [0.2, 0.25) is 0 Å². The molecule has 0 unspecified atom stereocenters. The van der Waals surface area contributed by atoms with E-state index in [0.717, 1.165) is 10.0 Å². The Morgan fingerprint density at radius 3 is 2.74 bits per heavy atom. The van der Waals surface area contributed by atoms with Gasteiger partial charge in [-0.3, -0.25) is 4.79 Å². The predicted octanol–water partition coefficient (Wildman–Crippen LogP) is 3.29. The highest BCUT2D eigenvalue weighted by atomic mass is 79.9. The molecule has 19 heavy (non-hydrogen) atoms. The van der Waals surface area contributed by atoms with Gasteiger partial charge in [0.15, 0.2) is 5.13 Å². The molecule has 1 aromatic heterocycles. The SMILES string of the molecule is Cc1nc(N)sc1C(=O)N[C@H](C)c1ccccc1Br. The van der Waals surface area contributed by atoms with E-state index in [0.29, 0.717) is 15.7 Å². The zero-order valence-electron chi connectivity index (χ0n) is 10.6. The minimum Gasteiger partial charge on any atom is -0.375 e. The van der Waals surface area contributed by atoms with Gasteiger partial charge >= 0.3 is 0 Å². The second-order valence-corrected chi connectivity index (χ2v) is 6.07. The van der Waals surface area contributed by atoms with Crippen LogP contribution in [-0.2, 0) is 0 Å². The Bertz CT molecular complexity index is 612. The number of aromatic nitrogens is 1. The number of anilines is 1. The standard InChI is InChI=1S/C13H14BrN3OS/c1-7(9-5-3-4-6-10(9)14)16-12(18)11-8(2)17-13(15)19-11/h3-7H,1-2H3,(H2,15,17)(H,16,18)/t7-/m1/s1. The number of nitrogens with one attached hydrogen (secondary N) is 1. The molecule has 1 heterocycles.